The first-order valence-corrected chi connectivity index (χ1v) is 5.20. The van der Waals surface area contributed by atoms with Crippen molar-refractivity contribution in [2.45, 2.75) is 26.4 Å². The fourth-order valence-electron chi connectivity index (χ4n) is 1.77. The smallest absolute Gasteiger partial charge is 0.366 e. The van der Waals surface area contributed by atoms with Crippen molar-refractivity contribution in [2.24, 2.45) is 0 Å². The van der Waals surface area contributed by atoms with E-state index < -0.39 is 5.66 Å². The van der Waals surface area contributed by atoms with Gasteiger partial charge in [-0.2, -0.15) is 0 Å². The highest BCUT2D eigenvalue weighted by molar-refractivity contribution is 5.23. The molecule has 0 amide bonds. The van der Waals surface area contributed by atoms with E-state index in [0.717, 1.165) is 9.48 Å². The van der Waals surface area contributed by atoms with Crippen molar-refractivity contribution in [1.82, 2.24) is 9.48 Å². The van der Waals surface area contributed by atoms with Crippen molar-refractivity contribution in [3.8, 4) is 5.75 Å². The first-order chi connectivity index (χ1) is 7.48. The standard InChI is InChI=1S/C11H14N2O3/c1-4-16-8-5-6-9-10(7-8)13(15)11(2,3)12(9)14/h5-7H,4H2,1-3H3. The molecule has 0 aromatic heterocycles. The minimum Gasteiger partial charge on any atom is -0.618 e. The van der Waals surface area contributed by atoms with Crippen LogP contribution in [0, 0.1) is 10.4 Å². The van der Waals surface area contributed by atoms with E-state index in [1.54, 1.807) is 32.0 Å². The molecule has 0 aliphatic carbocycles. The van der Waals surface area contributed by atoms with E-state index in [-0.39, 0.29) is 0 Å². The molecular formula is C11H14N2O3. The zero-order chi connectivity index (χ0) is 11.9. The van der Waals surface area contributed by atoms with Crippen LogP contribution in [0.3, 0.4) is 0 Å². The minimum absolute atomic E-state index is 0.367. The Bertz CT molecular complexity index is 549. The lowest BCUT2D eigenvalue weighted by Crippen LogP contribution is -2.46. The molecule has 5 nitrogen and oxygen atoms in total. The van der Waals surface area contributed by atoms with E-state index >= 15 is 0 Å². The Labute approximate surface area is 93.1 Å². The van der Waals surface area contributed by atoms with Crippen LogP contribution in [0.15, 0.2) is 18.2 Å². The van der Waals surface area contributed by atoms with Gasteiger partial charge in [-0.3, -0.25) is 0 Å². The van der Waals surface area contributed by atoms with Crippen molar-refractivity contribution < 1.29 is 4.74 Å². The van der Waals surface area contributed by atoms with Gasteiger partial charge in [0.2, 0.25) is 0 Å². The van der Waals surface area contributed by atoms with Crippen molar-refractivity contribution in [2.75, 3.05) is 6.61 Å². The van der Waals surface area contributed by atoms with E-state index in [9.17, 15) is 10.4 Å². The van der Waals surface area contributed by atoms with Gasteiger partial charge >= 0.3 is 5.66 Å². The molecule has 1 aromatic carbocycles. The molecule has 0 saturated carbocycles. The summed E-state index contributed by atoms with van der Waals surface area (Å²) in [7, 11) is 0. The maximum Gasteiger partial charge on any atom is 0.366 e. The minimum atomic E-state index is -1.09. The van der Waals surface area contributed by atoms with Crippen molar-refractivity contribution >= 4 is 0 Å². The number of nitrogens with zero attached hydrogens (tertiary/aromatic N) is 2. The highest BCUT2D eigenvalue weighted by atomic mass is 16.5. The summed E-state index contributed by atoms with van der Waals surface area (Å²) in [4.78, 5) is 0. The third-order valence-electron chi connectivity index (χ3n) is 2.69. The van der Waals surface area contributed by atoms with Crippen LogP contribution in [0.2, 0.25) is 0 Å². The second-order valence-electron chi connectivity index (χ2n) is 4.17. The SMILES string of the molecule is CCOc1ccc2c(c1)=[N+]([O-])C(C)(C)[N+]=2[O-]. The van der Waals surface area contributed by atoms with E-state index in [0.29, 0.717) is 23.1 Å². The van der Waals surface area contributed by atoms with Crippen LogP contribution >= 0.6 is 0 Å². The summed E-state index contributed by atoms with van der Waals surface area (Å²) in [6.07, 6.45) is 0. The van der Waals surface area contributed by atoms with Gasteiger partial charge in [-0.15, -0.1) is 9.48 Å². The third kappa shape index (κ3) is 1.31. The Morgan fingerprint density at radius 2 is 1.81 bits per heavy atom. The molecule has 1 heterocycles. The summed E-state index contributed by atoms with van der Waals surface area (Å²) in [6.45, 7) is 5.58. The van der Waals surface area contributed by atoms with Crippen LogP contribution in [0.25, 0.3) is 0 Å². The molecule has 0 unspecified atom stereocenters. The Balaban J connectivity index is 2.72. The first-order valence-electron chi connectivity index (χ1n) is 5.20. The summed E-state index contributed by atoms with van der Waals surface area (Å²) in [5, 5.41) is 24.5. The van der Waals surface area contributed by atoms with Crippen LogP contribution in [0.5, 0.6) is 5.75 Å². The normalized spacial score (nSPS) is 17.4. The number of hydrogen-bond acceptors (Lipinski definition) is 3. The molecule has 0 saturated heterocycles. The van der Waals surface area contributed by atoms with Crippen LogP contribution in [-0.4, -0.2) is 12.3 Å². The molecule has 5 heteroatoms. The number of hydrogen-bond donors (Lipinski definition) is 0. The van der Waals surface area contributed by atoms with Crippen LogP contribution < -0.4 is 24.9 Å². The number of hydroxylamine groups is 2. The lowest BCUT2D eigenvalue weighted by atomic mass is 10.3. The second-order valence-corrected chi connectivity index (χ2v) is 4.17. The summed E-state index contributed by atoms with van der Waals surface area (Å²) in [5.41, 5.74) is -1.09. The van der Waals surface area contributed by atoms with Crippen LogP contribution in [0.1, 0.15) is 20.8 Å². The molecule has 1 aliphatic heterocycles. The third-order valence-corrected chi connectivity index (χ3v) is 2.69. The Morgan fingerprint density at radius 1 is 1.19 bits per heavy atom. The molecule has 0 fully saturated rings. The zero-order valence-corrected chi connectivity index (χ0v) is 9.56. The van der Waals surface area contributed by atoms with E-state index in [1.807, 2.05) is 6.92 Å². The van der Waals surface area contributed by atoms with Gasteiger partial charge < -0.3 is 15.2 Å². The maximum absolute atomic E-state index is 11.9. The quantitative estimate of drug-likeness (QED) is 0.515. The largest absolute Gasteiger partial charge is 0.618 e. The van der Waals surface area contributed by atoms with E-state index in [4.69, 9.17) is 4.74 Å². The number of ether oxygens (including phenoxy) is 1. The Hall–Kier alpha value is -1.78. The average Bonchev–Trinajstić information content (AvgIpc) is 2.42. The molecule has 2 rings (SSSR count). The lowest BCUT2D eigenvalue weighted by molar-refractivity contribution is 0.321. The van der Waals surface area contributed by atoms with Gasteiger partial charge in [-0.25, -0.2) is 0 Å². The van der Waals surface area contributed by atoms with Crippen molar-refractivity contribution in [1.29, 1.82) is 0 Å². The summed E-state index contributed by atoms with van der Waals surface area (Å²) in [6, 6.07) is 4.92. The molecule has 1 aliphatic rings. The van der Waals surface area contributed by atoms with Crippen LogP contribution in [0.4, 0.5) is 0 Å². The predicted octanol–water partition coefficient (Wildman–Crippen LogP) is -0.187. The fraction of sp³-hybridized carbons (Fsp3) is 0.455. The van der Waals surface area contributed by atoms with Gasteiger partial charge in [-0.05, 0) is 13.0 Å². The summed E-state index contributed by atoms with van der Waals surface area (Å²) < 4.78 is 6.74. The molecule has 0 radical (unpaired) electrons. The monoisotopic (exact) mass is 222 g/mol. The van der Waals surface area contributed by atoms with Crippen LogP contribution in [-0.2, 0) is 0 Å². The van der Waals surface area contributed by atoms with Gasteiger partial charge in [0, 0.05) is 6.07 Å². The van der Waals surface area contributed by atoms with Gasteiger partial charge in [0.25, 0.3) is 10.7 Å². The van der Waals surface area contributed by atoms with Gasteiger partial charge in [0.1, 0.15) is 5.75 Å². The van der Waals surface area contributed by atoms with Crippen molar-refractivity contribution in [3.63, 3.8) is 0 Å². The lowest BCUT2D eigenvalue weighted by Gasteiger charge is -2.17. The topological polar surface area (TPSA) is 61.4 Å². The molecule has 0 atom stereocenters. The predicted molar refractivity (Wildman–Crippen MR) is 60.1 cm³/mol. The highest BCUT2D eigenvalue weighted by Gasteiger charge is 2.42. The number of benzene rings is 1. The fourth-order valence-corrected chi connectivity index (χ4v) is 1.77. The van der Waals surface area contributed by atoms with E-state index in [2.05, 4.69) is 0 Å². The summed E-state index contributed by atoms with van der Waals surface area (Å²) >= 11 is 0. The first kappa shape index (κ1) is 10.7. The van der Waals surface area contributed by atoms with Gasteiger partial charge in [0.15, 0.2) is 0 Å². The van der Waals surface area contributed by atoms with Gasteiger partial charge in [0.05, 0.1) is 26.5 Å². The zero-order valence-electron chi connectivity index (χ0n) is 9.56. The van der Waals surface area contributed by atoms with E-state index in [1.165, 1.54) is 0 Å². The Kier molecular flexibility index (Phi) is 2.26. The molecule has 86 valence electrons. The molecular weight excluding hydrogens is 208 g/mol. The van der Waals surface area contributed by atoms with Crippen molar-refractivity contribution in [3.05, 3.63) is 39.3 Å². The molecule has 16 heavy (non-hydrogen) atoms. The highest BCUT2D eigenvalue weighted by Crippen LogP contribution is 2.08. The number of fused-ring (bicyclic) bond motifs is 1. The maximum atomic E-state index is 11.9. The molecule has 0 spiro atoms. The number of rotatable bonds is 2. The summed E-state index contributed by atoms with van der Waals surface area (Å²) in [5.74, 6) is 0.605. The second kappa shape index (κ2) is 3.37. The molecule has 0 bridgehead atoms. The average molecular weight is 222 g/mol. The Morgan fingerprint density at radius 3 is 2.44 bits per heavy atom. The molecule has 1 aromatic rings. The van der Waals surface area contributed by atoms with Gasteiger partial charge in [-0.1, -0.05) is 0 Å². The molecule has 0 N–H and O–H groups in total.